The summed E-state index contributed by atoms with van der Waals surface area (Å²) in [5, 5.41) is 0. The summed E-state index contributed by atoms with van der Waals surface area (Å²) in [6.07, 6.45) is 6.29. The number of thiophene rings is 1. The molecule has 0 N–H and O–H groups in total. The van der Waals surface area contributed by atoms with E-state index >= 15 is 0 Å². The van der Waals surface area contributed by atoms with Gasteiger partial charge in [0.05, 0.1) is 14.6 Å². The van der Waals surface area contributed by atoms with E-state index in [1.807, 2.05) is 0 Å². The number of hydrogen-bond acceptors (Lipinski definition) is 4. The fourth-order valence-electron chi connectivity index (χ4n) is 5.21. The van der Waals surface area contributed by atoms with Gasteiger partial charge in [-0.3, -0.25) is 9.59 Å². The normalized spacial score (nSPS) is 37.8. The number of alkyl halides is 1. The van der Waals surface area contributed by atoms with E-state index in [2.05, 4.69) is 15.9 Å². The van der Waals surface area contributed by atoms with Crippen molar-refractivity contribution in [2.24, 2.45) is 17.3 Å². The number of carbonyl (C=O) groups excluding carboxylic acids is 2. The maximum atomic E-state index is 12.8. The molecule has 0 amide bonds. The van der Waals surface area contributed by atoms with Gasteiger partial charge in [-0.15, -0.1) is 11.3 Å². The van der Waals surface area contributed by atoms with Gasteiger partial charge in [-0.1, -0.05) is 27.5 Å². The molecule has 23 heavy (non-hydrogen) atoms. The van der Waals surface area contributed by atoms with Gasteiger partial charge in [0.15, 0.2) is 6.61 Å². The second kappa shape index (κ2) is 5.57. The minimum Gasteiger partial charge on any atom is -0.457 e. The van der Waals surface area contributed by atoms with Crippen LogP contribution in [-0.4, -0.2) is 22.7 Å². The lowest BCUT2D eigenvalue weighted by Gasteiger charge is -2.58. The summed E-state index contributed by atoms with van der Waals surface area (Å²) in [7, 11) is 0. The molecule has 1 heterocycles. The monoisotopic (exact) mass is 416 g/mol. The van der Waals surface area contributed by atoms with E-state index in [0.717, 1.165) is 19.3 Å². The van der Waals surface area contributed by atoms with Gasteiger partial charge < -0.3 is 4.74 Å². The molecule has 0 radical (unpaired) electrons. The first-order valence-corrected chi connectivity index (χ1v) is 10.0. The zero-order valence-corrected chi connectivity index (χ0v) is 15.8. The highest BCUT2D eigenvalue weighted by Crippen LogP contribution is 2.64. The SMILES string of the molecule is O=C(COC(=O)C12C[C@H]3C[C@@H](CC(Br)(C3)C1)C2)c1ccc(Cl)s1. The van der Waals surface area contributed by atoms with Gasteiger partial charge in [0.2, 0.25) is 5.78 Å². The van der Waals surface area contributed by atoms with Crippen LogP contribution in [0.15, 0.2) is 12.1 Å². The van der Waals surface area contributed by atoms with Crippen molar-refractivity contribution < 1.29 is 14.3 Å². The fraction of sp³-hybridized carbons (Fsp3) is 0.647. The lowest BCUT2D eigenvalue weighted by Crippen LogP contribution is -2.56. The third-order valence-electron chi connectivity index (χ3n) is 5.61. The largest absolute Gasteiger partial charge is 0.457 e. The van der Waals surface area contributed by atoms with Gasteiger partial charge >= 0.3 is 5.97 Å². The van der Waals surface area contributed by atoms with Crippen molar-refractivity contribution in [2.75, 3.05) is 6.61 Å². The zero-order chi connectivity index (χ0) is 16.2. The molecule has 4 bridgehead atoms. The van der Waals surface area contributed by atoms with Crippen molar-refractivity contribution >= 4 is 50.6 Å². The summed E-state index contributed by atoms with van der Waals surface area (Å²) in [6.45, 7) is -0.179. The smallest absolute Gasteiger partial charge is 0.312 e. The van der Waals surface area contributed by atoms with Crippen molar-refractivity contribution in [3.05, 3.63) is 21.3 Å². The summed E-state index contributed by atoms with van der Waals surface area (Å²) in [5.74, 6) is 0.893. The summed E-state index contributed by atoms with van der Waals surface area (Å²) in [6, 6.07) is 3.37. The molecule has 4 saturated carbocycles. The van der Waals surface area contributed by atoms with Gasteiger partial charge in [-0.25, -0.2) is 0 Å². The molecule has 0 aliphatic heterocycles. The van der Waals surface area contributed by atoms with Gasteiger partial charge in [-0.2, -0.15) is 0 Å². The Morgan fingerprint density at radius 3 is 2.52 bits per heavy atom. The van der Waals surface area contributed by atoms with Crippen LogP contribution in [0.3, 0.4) is 0 Å². The summed E-state index contributed by atoms with van der Waals surface area (Å²) < 4.78 is 6.14. The molecule has 0 unspecified atom stereocenters. The van der Waals surface area contributed by atoms with Crippen LogP contribution >= 0.6 is 38.9 Å². The second-order valence-electron chi connectivity index (χ2n) is 7.50. The average Bonchev–Trinajstić information content (AvgIpc) is 2.88. The number of hydrogen-bond donors (Lipinski definition) is 0. The number of esters is 1. The molecule has 1 aromatic heterocycles. The molecule has 5 rings (SSSR count). The first kappa shape index (κ1) is 16.1. The first-order chi connectivity index (χ1) is 10.9. The van der Waals surface area contributed by atoms with Crippen molar-refractivity contribution in [3.63, 3.8) is 0 Å². The van der Waals surface area contributed by atoms with Crippen LogP contribution in [0.1, 0.15) is 48.2 Å². The minimum atomic E-state index is -0.374. The third-order valence-corrected chi connectivity index (χ3v) is 7.81. The fourth-order valence-corrected chi connectivity index (χ4v) is 7.63. The van der Waals surface area contributed by atoms with E-state index in [4.69, 9.17) is 16.3 Å². The maximum Gasteiger partial charge on any atom is 0.312 e. The Bertz CT molecular complexity index is 657. The molecule has 3 nitrogen and oxygen atoms in total. The van der Waals surface area contributed by atoms with Crippen LogP contribution in [0.2, 0.25) is 4.34 Å². The molecule has 124 valence electrons. The number of ether oxygens (including phenoxy) is 1. The van der Waals surface area contributed by atoms with Crippen LogP contribution in [-0.2, 0) is 9.53 Å². The topological polar surface area (TPSA) is 43.4 Å². The van der Waals surface area contributed by atoms with E-state index in [-0.39, 0.29) is 28.1 Å². The molecule has 4 fully saturated rings. The Labute approximate surface area is 152 Å². The van der Waals surface area contributed by atoms with E-state index in [9.17, 15) is 9.59 Å². The first-order valence-electron chi connectivity index (χ1n) is 8.02. The molecule has 4 aliphatic rings. The van der Waals surface area contributed by atoms with E-state index in [0.29, 0.717) is 21.0 Å². The molecule has 4 aliphatic carbocycles. The molecular formula is C17H18BrClO3S. The van der Waals surface area contributed by atoms with Crippen LogP contribution < -0.4 is 0 Å². The summed E-state index contributed by atoms with van der Waals surface area (Å²) in [4.78, 5) is 25.4. The van der Waals surface area contributed by atoms with Crippen LogP contribution in [0.5, 0.6) is 0 Å². The number of halogens is 2. The van der Waals surface area contributed by atoms with Crippen molar-refractivity contribution in [3.8, 4) is 0 Å². The van der Waals surface area contributed by atoms with E-state index < -0.39 is 0 Å². The number of Topliss-reactive ketones (excluding diaryl/α,β-unsaturated/α-hetero) is 1. The number of rotatable bonds is 4. The van der Waals surface area contributed by atoms with Gasteiger partial charge in [-0.05, 0) is 62.5 Å². The highest BCUT2D eigenvalue weighted by Gasteiger charge is 2.60. The standard InChI is InChI=1S/C17H18BrClO3S/c18-17-6-10-3-11(7-17)5-16(4-10,9-17)15(21)22-8-12(20)13-1-2-14(19)23-13/h1-2,10-11H,3-9H2/t10-,11-,16?,17?/m1/s1. The second-order valence-corrected chi connectivity index (χ2v) is 10.9. The summed E-state index contributed by atoms with van der Waals surface area (Å²) in [5.41, 5.74) is -0.374. The average molecular weight is 418 g/mol. The Kier molecular flexibility index (Phi) is 3.90. The highest BCUT2D eigenvalue weighted by molar-refractivity contribution is 9.10. The van der Waals surface area contributed by atoms with Gasteiger partial charge in [0, 0.05) is 4.32 Å². The predicted molar refractivity (Wildman–Crippen MR) is 93.4 cm³/mol. The van der Waals surface area contributed by atoms with Crippen LogP contribution in [0.4, 0.5) is 0 Å². The molecule has 6 heteroatoms. The number of carbonyl (C=O) groups is 2. The van der Waals surface area contributed by atoms with Gasteiger partial charge in [0.1, 0.15) is 0 Å². The maximum absolute atomic E-state index is 12.8. The van der Waals surface area contributed by atoms with Gasteiger partial charge in [0.25, 0.3) is 0 Å². The highest BCUT2D eigenvalue weighted by atomic mass is 79.9. The third kappa shape index (κ3) is 2.89. The molecule has 0 spiro atoms. The minimum absolute atomic E-state index is 0.112. The number of ketones is 1. The lowest BCUT2D eigenvalue weighted by molar-refractivity contribution is -0.168. The van der Waals surface area contributed by atoms with Crippen LogP contribution in [0.25, 0.3) is 0 Å². The Morgan fingerprint density at radius 1 is 1.26 bits per heavy atom. The van der Waals surface area contributed by atoms with E-state index in [1.165, 1.54) is 30.6 Å². The van der Waals surface area contributed by atoms with Crippen molar-refractivity contribution in [2.45, 2.75) is 42.8 Å². The lowest BCUT2D eigenvalue weighted by atomic mass is 9.49. The molecule has 0 aromatic carbocycles. The Balaban J connectivity index is 1.44. The Morgan fingerprint density at radius 2 is 1.96 bits per heavy atom. The molecule has 0 saturated heterocycles. The molecular weight excluding hydrogens is 400 g/mol. The summed E-state index contributed by atoms with van der Waals surface area (Å²) >= 11 is 11.0. The quantitative estimate of drug-likeness (QED) is 0.399. The predicted octanol–water partition coefficient (Wildman–Crippen LogP) is 4.86. The zero-order valence-electron chi connectivity index (χ0n) is 12.6. The molecule has 1 aromatic rings. The van der Waals surface area contributed by atoms with E-state index in [1.54, 1.807) is 12.1 Å². The molecule has 2 atom stereocenters. The Hall–Kier alpha value is -0.390. The van der Waals surface area contributed by atoms with Crippen LogP contribution in [0, 0.1) is 17.3 Å². The van der Waals surface area contributed by atoms with Crippen molar-refractivity contribution in [1.29, 1.82) is 0 Å². The van der Waals surface area contributed by atoms with Crippen molar-refractivity contribution in [1.82, 2.24) is 0 Å².